The third kappa shape index (κ3) is 2.13. The number of hydrogen-bond donors (Lipinski definition) is 0. The molecular weight excluding hydrogens is 262 g/mol. The van der Waals surface area contributed by atoms with Gasteiger partial charge in [0.05, 0.1) is 17.5 Å². The topological polar surface area (TPSA) is 58.7 Å². The lowest BCUT2D eigenvalue weighted by atomic mass is 10.1. The van der Waals surface area contributed by atoms with Crippen LogP contribution >= 0.6 is 11.6 Å². The van der Waals surface area contributed by atoms with Crippen molar-refractivity contribution in [3.05, 3.63) is 52.3 Å². The maximum absolute atomic E-state index is 12.4. The van der Waals surface area contributed by atoms with Gasteiger partial charge in [-0.25, -0.2) is 0 Å². The lowest BCUT2D eigenvalue weighted by Crippen LogP contribution is -2.16. The molecule has 1 aromatic heterocycles. The first-order valence-corrected chi connectivity index (χ1v) is 6.37. The predicted molar refractivity (Wildman–Crippen MR) is 70.1 cm³/mol. The van der Waals surface area contributed by atoms with E-state index >= 15 is 0 Å². The average molecular weight is 272 g/mol. The summed E-state index contributed by atoms with van der Waals surface area (Å²) in [5.74, 6) is 0.0634. The molecule has 19 heavy (non-hydrogen) atoms. The molecule has 3 rings (SSSR count). The summed E-state index contributed by atoms with van der Waals surface area (Å²) in [4.78, 5) is 12.4. The maximum atomic E-state index is 12.4. The van der Waals surface area contributed by atoms with Crippen LogP contribution < -0.4 is 0 Å². The normalized spacial score (nSPS) is 14.1. The molecule has 0 radical (unpaired) electrons. The third-order valence-electron chi connectivity index (χ3n) is 3.17. The van der Waals surface area contributed by atoms with Gasteiger partial charge in [0.15, 0.2) is 0 Å². The first-order chi connectivity index (χ1) is 9.20. The zero-order valence-electron chi connectivity index (χ0n) is 10.0. The summed E-state index contributed by atoms with van der Waals surface area (Å²) in [7, 11) is 0. The summed E-state index contributed by atoms with van der Waals surface area (Å²) in [5, 5.41) is 13.7. The van der Waals surface area contributed by atoms with Gasteiger partial charge in [-0.2, -0.15) is 15.0 Å². The highest BCUT2D eigenvalue weighted by Gasteiger charge is 2.32. The van der Waals surface area contributed by atoms with E-state index in [1.54, 1.807) is 24.3 Å². The van der Waals surface area contributed by atoms with Gasteiger partial charge in [-0.15, -0.1) is 0 Å². The van der Waals surface area contributed by atoms with Crippen LogP contribution in [-0.2, 0) is 0 Å². The standard InChI is InChI=1S/C14H10ClN3O/c15-12-5-3-10(4-6-12)14(19)18-13(9-1-2-9)11(7-16)8-17-18/h3-6,8-9H,1-2H2. The number of benzene rings is 1. The third-order valence-corrected chi connectivity index (χ3v) is 3.43. The van der Waals surface area contributed by atoms with Gasteiger partial charge in [-0.3, -0.25) is 4.79 Å². The van der Waals surface area contributed by atoms with Crippen LogP contribution in [0.4, 0.5) is 0 Å². The van der Waals surface area contributed by atoms with Crippen LogP contribution in [-0.4, -0.2) is 15.7 Å². The van der Waals surface area contributed by atoms with Crippen molar-refractivity contribution in [1.82, 2.24) is 9.78 Å². The Hall–Kier alpha value is -2.12. The van der Waals surface area contributed by atoms with Crippen LogP contribution in [0.3, 0.4) is 0 Å². The van der Waals surface area contributed by atoms with Crippen molar-refractivity contribution in [2.75, 3.05) is 0 Å². The molecule has 1 aliphatic carbocycles. The number of hydrogen-bond acceptors (Lipinski definition) is 3. The molecular formula is C14H10ClN3O. The Kier molecular flexibility index (Phi) is 2.84. The highest BCUT2D eigenvalue weighted by Crippen LogP contribution is 2.41. The van der Waals surface area contributed by atoms with E-state index in [0.717, 1.165) is 18.5 Å². The first kappa shape index (κ1) is 11.9. The fourth-order valence-electron chi connectivity index (χ4n) is 2.07. The van der Waals surface area contributed by atoms with Crippen molar-refractivity contribution in [2.24, 2.45) is 0 Å². The second kappa shape index (κ2) is 4.52. The van der Waals surface area contributed by atoms with E-state index in [0.29, 0.717) is 16.1 Å². The number of carbonyl (C=O) groups is 1. The Morgan fingerprint density at radius 3 is 2.63 bits per heavy atom. The molecule has 1 aliphatic rings. The Balaban J connectivity index is 2.02. The number of nitrogens with zero attached hydrogens (tertiary/aromatic N) is 3. The quantitative estimate of drug-likeness (QED) is 0.844. The van der Waals surface area contributed by atoms with Crippen LogP contribution in [0.2, 0.25) is 5.02 Å². The molecule has 0 unspecified atom stereocenters. The molecule has 0 N–H and O–H groups in total. The van der Waals surface area contributed by atoms with E-state index in [1.165, 1.54) is 10.9 Å². The zero-order valence-corrected chi connectivity index (χ0v) is 10.8. The maximum Gasteiger partial charge on any atom is 0.278 e. The van der Waals surface area contributed by atoms with E-state index in [1.807, 2.05) is 0 Å². The molecule has 4 nitrogen and oxygen atoms in total. The van der Waals surface area contributed by atoms with Gasteiger partial charge < -0.3 is 0 Å². The second-order valence-corrected chi connectivity index (χ2v) is 4.99. The van der Waals surface area contributed by atoms with E-state index in [2.05, 4.69) is 11.2 Å². The van der Waals surface area contributed by atoms with E-state index in [4.69, 9.17) is 16.9 Å². The van der Waals surface area contributed by atoms with Crippen molar-refractivity contribution < 1.29 is 4.79 Å². The highest BCUT2D eigenvalue weighted by atomic mass is 35.5. The van der Waals surface area contributed by atoms with Crippen molar-refractivity contribution in [3.63, 3.8) is 0 Å². The molecule has 1 saturated carbocycles. The van der Waals surface area contributed by atoms with Crippen molar-refractivity contribution in [3.8, 4) is 6.07 Å². The number of rotatable bonds is 2. The minimum absolute atomic E-state index is 0.222. The molecule has 0 bridgehead atoms. The van der Waals surface area contributed by atoms with Gasteiger partial charge in [0.2, 0.25) is 0 Å². The smallest absolute Gasteiger partial charge is 0.267 e. The molecule has 0 atom stereocenters. The summed E-state index contributed by atoms with van der Waals surface area (Å²) in [6.07, 6.45) is 3.48. The van der Waals surface area contributed by atoms with Gasteiger partial charge in [0, 0.05) is 16.5 Å². The number of nitriles is 1. The number of aromatic nitrogens is 2. The second-order valence-electron chi connectivity index (χ2n) is 4.55. The molecule has 1 fully saturated rings. The average Bonchev–Trinajstić information content (AvgIpc) is 3.17. The fourth-order valence-corrected chi connectivity index (χ4v) is 2.20. The zero-order chi connectivity index (χ0) is 13.4. The lowest BCUT2D eigenvalue weighted by Gasteiger charge is -2.05. The van der Waals surface area contributed by atoms with Gasteiger partial charge in [-0.1, -0.05) is 11.6 Å². The minimum atomic E-state index is -0.222. The van der Waals surface area contributed by atoms with Crippen LogP contribution in [0.1, 0.15) is 40.4 Å². The van der Waals surface area contributed by atoms with E-state index in [9.17, 15) is 4.79 Å². The Morgan fingerprint density at radius 2 is 2.05 bits per heavy atom. The summed E-state index contributed by atoms with van der Waals surface area (Å²) in [6.45, 7) is 0. The van der Waals surface area contributed by atoms with Crippen molar-refractivity contribution in [2.45, 2.75) is 18.8 Å². The van der Waals surface area contributed by atoms with Crippen molar-refractivity contribution >= 4 is 17.5 Å². The number of halogens is 1. The molecule has 1 heterocycles. The van der Waals surface area contributed by atoms with Gasteiger partial charge in [-0.05, 0) is 37.1 Å². The lowest BCUT2D eigenvalue weighted by molar-refractivity contribution is 0.0941. The monoisotopic (exact) mass is 271 g/mol. The molecule has 0 spiro atoms. The molecule has 0 aliphatic heterocycles. The molecule has 0 amide bonds. The summed E-state index contributed by atoms with van der Waals surface area (Å²) < 4.78 is 1.35. The van der Waals surface area contributed by atoms with E-state index in [-0.39, 0.29) is 11.8 Å². The fraction of sp³-hybridized carbons (Fsp3) is 0.214. The molecule has 1 aromatic carbocycles. The van der Waals surface area contributed by atoms with Crippen LogP contribution in [0.25, 0.3) is 0 Å². The number of carbonyl (C=O) groups excluding carboxylic acids is 1. The van der Waals surface area contributed by atoms with Gasteiger partial charge in [0.25, 0.3) is 5.91 Å². The van der Waals surface area contributed by atoms with Gasteiger partial charge >= 0.3 is 0 Å². The molecule has 0 saturated heterocycles. The molecule has 2 aromatic rings. The Bertz CT molecular complexity index is 678. The Morgan fingerprint density at radius 1 is 1.37 bits per heavy atom. The highest BCUT2D eigenvalue weighted by molar-refractivity contribution is 6.30. The minimum Gasteiger partial charge on any atom is -0.267 e. The van der Waals surface area contributed by atoms with Crippen molar-refractivity contribution in [1.29, 1.82) is 5.26 Å². The van der Waals surface area contributed by atoms with Crippen LogP contribution in [0.15, 0.2) is 30.5 Å². The van der Waals surface area contributed by atoms with Crippen LogP contribution in [0.5, 0.6) is 0 Å². The Labute approximate surface area is 115 Å². The summed E-state index contributed by atoms with van der Waals surface area (Å²) in [6, 6.07) is 8.75. The SMILES string of the molecule is N#Cc1cnn(C(=O)c2ccc(Cl)cc2)c1C1CC1. The largest absolute Gasteiger partial charge is 0.278 e. The molecule has 5 heteroatoms. The summed E-state index contributed by atoms with van der Waals surface area (Å²) in [5.41, 5.74) is 1.74. The van der Waals surface area contributed by atoms with Gasteiger partial charge in [0.1, 0.15) is 6.07 Å². The van der Waals surface area contributed by atoms with E-state index < -0.39 is 0 Å². The predicted octanol–water partition coefficient (Wildman–Crippen LogP) is 2.97. The first-order valence-electron chi connectivity index (χ1n) is 5.99. The summed E-state index contributed by atoms with van der Waals surface area (Å²) >= 11 is 5.80. The molecule has 94 valence electrons. The van der Waals surface area contributed by atoms with Crippen LogP contribution in [0, 0.1) is 11.3 Å².